The third-order valence-electron chi connectivity index (χ3n) is 3.82. The number of hydrogen-bond acceptors (Lipinski definition) is 4. The minimum atomic E-state index is 0.160. The fourth-order valence-corrected chi connectivity index (χ4v) is 2.78. The molecule has 1 aliphatic heterocycles. The normalized spacial score (nSPS) is 15.7. The lowest BCUT2D eigenvalue weighted by atomic mass is 10.0. The average molecular weight is 270 g/mol. The smallest absolute Gasteiger partial charge is 0.177 e. The minimum absolute atomic E-state index is 0.160. The van der Waals surface area contributed by atoms with Crippen molar-refractivity contribution in [1.82, 2.24) is 9.88 Å². The number of fused-ring (bicyclic) bond motifs is 1. The van der Waals surface area contributed by atoms with Crippen molar-refractivity contribution in [2.75, 3.05) is 26.7 Å². The van der Waals surface area contributed by atoms with Gasteiger partial charge in [-0.25, -0.2) is 0 Å². The maximum absolute atomic E-state index is 12.5. The lowest BCUT2D eigenvalue weighted by Gasteiger charge is -2.14. The molecular formula is C16H18N2O2. The van der Waals surface area contributed by atoms with Crippen molar-refractivity contribution in [2.24, 2.45) is 0 Å². The van der Waals surface area contributed by atoms with E-state index in [2.05, 4.69) is 9.88 Å². The molecule has 1 saturated heterocycles. The van der Waals surface area contributed by atoms with Crippen LogP contribution in [0.1, 0.15) is 23.2 Å². The molecule has 4 nitrogen and oxygen atoms in total. The van der Waals surface area contributed by atoms with E-state index in [1.807, 2.05) is 24.3 Å². The van der Waals surface area contributed by atoms with Gasteiger partial charge in [0, 0.05) is 17.1 Å². The molecule has 1 aliphatic rings. The summed E-state index contributed by atoms with van der Waals surface area (Å²) in [7, 11) is 1.62. The van der Waals surface area contributed by atoms with Gasteiger partial charge in [0.1, 0.15) is 11.3 Å². The van der Waals surface area contributed by atoms with E-state index in [1.54, 1.807) is 13.3 Å². The van der Waals surface area contributed by atoms with Gasteiger partial charge < -0.3 is 4.74 Å². The molecule has 4 heteroatoms. The fourth-order valence-electron chi connectivity index (χ4n) is 2.78. The average Bonchev–Trinajstić information content (AvgIpc) is 2.99. The van der Waals surface area contributed by atoms with Crippen LogP contribution in [0.2, 0.25) is 0 Å². The Kier molecular flexibility index (Phi) is 3.65. The van der Waals surface area contributed by atoms with E-state index in [0.29, 0.717) is 12.3 Å². The van der Waals surface area contributed by atoms with Gasteiger partial charge in [-0.2, -0.15) is 0 Å². The molecule has 1 fully saturated rings. The Balaban J connectivity index is 1.96. The summed E-state index contributed by atoms with van der Waals surface area (Å²) >= 11 is 0. The molecule has 0 N–H and O–H groups in total. The molecular weight excluding hydrogens is 252 g/mol. The van der Waals surface area contributed by atoms with Crippen molar-refractivity contribution in [3.63, 3.8) is 0 Å². The van der Waals surface area contributed by atoms with Crippen LogP contribution < -0.4 is 4.74 Å². The first kappa shape index (κ1) is 13.1. The number of aromatic nitrogens is 1. The van der Waals surface area contributed by atoms with Crippen molar-refractivity contribution >= 4 is 16.7 Å². The summed E-state index contributed by atoms with van der Waals surface area (Å²) in [6.07, 6.45) is 4.11. The predicted molar refractivity (Wildman–Crippen MR) is 78.3 cm³/mol. The van der Waals surface area contributed by atoms with E-state index in [4.69, 9.17) is 4.74 Å². The topological polar surface area (TPSA) is 42.4 Å². The zero-order valence-electron chi connectivity index (χ0n) is 11.6. The van der Waals surface area contributed by atoms with E-state index >= 15 is 0 Å². The number of hydrogen-bond donors (Lipinski definition) is 0. The van der Waals surface area contributed by atoms with Gasteiger partial charge in [-0.3, -0.25) is 14.7 Å². The highest BCUT2D eigenvalue weighted by atomic mass is 16.5. The first-order valence-corrected chi connectivity index (χ1v) is 6.97. The molecule has 0 radical (unpaired) electrons. The largest absolute Gasteiger partial charge is 0.494 e. The quantitative estimate of drug-likeness (QED) is 0.801. The molecule has 0 bridgehead atoms. The molecule has 2 heterocycles. The van der Waals surface area contributed by atoms with Gasteiger partial charge in [-0.15, -0.1) is 0 Å². The van der Waals surface area contributed by atoms with Gasteiger partial charge in [-0.1, -0.05) is 6.07 Å². The number of pyridine rings is 1. The van der Waals surface area contributed by atoms with E-state index in [9.17, 15) is 4.79 Å². The van der Waals surface area contributed by atoms with E-state index in [1.165, 1.54) is 12.8 Å². The highest BCUT2D eigenvalue weighted by molar-refractivity contribution is 6.09. The predicted octanol–water partition coefficient (Wildman–Crippen LogP) is 2.52. The Morgan fingerprint density at radius 3 is 2.85 bits per heavy atom. The van der Waals surface area contributed by atoms with Crippen molar-refractivity contribution in [3.05, 3.63) is 36.0 Å². The number of Topliss-reactive ketones (excluding diaryl/α,β-unsaturated/α-hetero) is 1. The molecule has 3 rings (SSSR count). The molecule has 0 unspecified atom stereocenters. The Morgan fingerprint density at radius 2 is 2.10 bits per heavy atom. The molecule has 1 aromatic heterocycles. The number of ether oxygens (including phenoxy) is 1. The highest BCUT2D eigenvalue weighted by Gasteiger charge is 2.18. The third-order valence-corrected chi connectivity index (χ3v) is 3.82. The van der Waals surface area contributed by atoms with Crippen LogP contribution in [-0.2, 0) is 0 Å². The molecule has 1 aromatic carbocycles. The first-order chi connectivity index (χ1) is 9.79. The Morgan fingerprint density at radius 1 is 1.30 bits per heavy atom. The number of benzene rings is 1. The Labute approximate surface area is 118 Å². The van der Waals surface area contributed by atoms with Gasteiger partial charge in [0.05, 0.1) is 13.7 Å². The Hall–Kier alpha value is -1.94. The summed E-state index contributed by atoms with van der Waals surface area (Å²) in [5, 5.41) is 0.871. The number of carbonyl (C=O) groups is 1. The van der Waals surface area contributed by atoms with Crippen molar-refractivity contribution in [2.45, 2.75) is 12.8 Å². The minimum Gasteiger partial charge on any atom is -0.494 e. The first-order valence-electron chi connectivity index (χ1n) is 6.97. The van der Waals surface area contributed by atoms with Crippen LogP contribution in [-0.4, -0.2) is 42.4 Å². The molecule has 0 amide bonds. The molecule has 2 aromatic rings. The SMILES string of the molecule is COc1ccc(C(=O)CN2CCCC2)c2cccnc12. The van der Waals surface area contributed by atoms with Crippen LogP contribution in [0.4, 0.5) is 0 Å². The van der Waals surface area contributed by atoms with Crippen LogP contribution in [0.3, 0.4) is 0 Å². The molecule has 0 saturated carbocycles. The van der Waals surface area contributed by atoms with Gasteiger partial charge in [-0.05, 0) is 44.1 Å². The van der Waals surface area contributed by atoms with Gasteiger partial charge in [0.15, 0.2) is 5.78 Å². The van der Waals surface area contributed by atoms with Crippen LogP contribution in [0.25, 0.3) is 10.9 Å². The number of rotatable bonds is 4. The number of likely N-dealkylation sites (tertiary alicyclic amines) is 1. The molecule has 0 spiro atoms. The second-order valence-electron chi connectivity index (χ2n) is 5.12. The third kappa shape index (κ3) is 2.39. The number of methoxy groups -OCH3 is 1. The Bertz CT molecular complexity index is 633. The van der Waals surface area contributed by atoms with Crippen LogP contribution >= 0.6 is 0 Å². The molecule has 0 aliphatic carbocycles. The van der Waals surface area contributed by atoms with Gasteiger partial charge in [0.25, 0.3) is 0 Å². The standard InChI is InChI=1S/C16H18N2O2/c1-20-15-7-6-12(13-5-4-8-17-16(13)15)14(19)11-18-9-2-3-10-18/h4-8H,2-3,9-11H2,1H3. The van der Waals surface area contributed by atoms with Crippen LogP contribution in [0.5, 0.6) is 5.75 Å². The van der Waals surface area contributed by atoms with Gasteiger partial charge >= 0.3 is 0 Å². The highest BCUT2D eigenvalue weighted by Crippen LogP contribution is 2.27. The van der Waals surface area contributed by atoms with Crippen molar-refractivity contribution in [1.29, 1.82) is 0 Å². The summed E-state index contributed by atoms with van der Waals surface area (Å²) in [5.74, 6) is 0.867. The van der Waals surface area contributed by atoms with E-state index in [-0.39, 0.29) is 5.78 Å². The monoisotopic (exact) mass is 270 g/mol. The molecule has 20 heavy (non-hydrogen) atoms. The molecule has 104 valence electrons. The van der Waals surface area contributed by atoms with Crippen molar-refractivity contribution in [3.8, 4) is 5.75 Å². The molecule has 0 atom stereocenters. The van der Waals surface area contributed by atoms with E-state index < -0.39 is 0 Å². The fraction of sp³-hybridized carbons (Fsp3) is 0.375. The maximum atomic E-state index is 12.5. The van der Waals surface area contributed by atoms with Crippen LogP contribution in [0, 0.1) is 0 Å². The number of ketones is 1. The second kappa shape index (κ2) is 5.59. The number of nitrogens with zero attached hydrogens (tertiary/aromatic N) is 2. The number of carbonyl (C=O) groups excluding carboxylic acids is 1. The maximum Gasteiger partial charge on any atom is 0.177 e. The lowest BCUT2D eigenvalue weighted by Crippen LogP contribution is -2.27. The summed E-state index contributed by atoms with van der Waals surface area (Å²) in [6, 6.07) is 7.46. The van der Waals surface area contributed by atoms with Crippen LogP contribution in [0.15, 0.2) is 30.5 Å². The second-order valence-corrected chi connectivity index (χ2v) is 5.12. The summed E-state index contributed by atoms with van der Waals surface area (Å²) < 4.78 is 5.31. The van der Waals surface area contributed by atoms with Gasteiger partial charge in [0.2, 0.25) is 0 Å². The van der Waals surface area contributed by atoms with E-state index in [0.717, 1.165) is 29.6 Å². The van der Waals surface area contributed by atoms with Crippen molar-refractivity contribution < 1.29 is 9.53 Å². The lowest BCUT2D eigenvalue weighted by molar-refractivity contribution is 0.0947. The summed E-state index contributed by atoms with van der Waals surface area (Å²) in [4.78, 5) is 19.1. The zero-order chi connectivity index (χ0) is 13.9. The summed E-state index contributed by atoms with van der Waals surface area (Å²) in [6.45, 7) is 2.55. The zero-order valence-corrected chi connectivity index (χ0v) is 11.6. The summed E-state index contributed by atoms with van der Waals surface area (Å²) in [5.41, 5.74) is 1.49.